The van der Waals surface area contributed by atoms with E-state index in [9.17, 15) is 32.3 Å². The highest BCUT2D eigenvalue weighted by Crippen LogP contribution is 2.63. The number of pyridine rings is 1. The molecule has 4 aromatic rings. The summed E-state index contributed by atoms with van der Waals surface area (Å²) in [6.07, 6.45) is 2.66. The molecule has 1 aromatic heterocycles. The van der Waals surface area contributed by atoms with Crippen LogP contribution in [0.2, 0.25) is 5.02 Å². The number of alkyl halides is 3. The SMILES string of the molecule is C[C@@H]1CN(C(=O)[C@@H]2NC3(CCCCC3)[C@@]3(CNc4cc(C(F)(F)F)ncc43)[C@H]2c2cccc(Cl)c2F)c2ccc(C(=O)N3CCC4(CC3)C[C@H]4C#Cc3cccc4c3CN([C@H]3CCC(=O)NC3=O)C4=O)cc2O1. The monoisotopic (exact) mass is 1020 g/mol. The molecule has 3 aromatic carbocycles. The summed E-state index contributed by atoms with van der Waals surface area (Å²) in [5.41, 5.74) is 0.816. The van der Waals surface area contributed by atoms with Gasteiger partial charge in [-0.25, -0.2) is 4.39 Å². The number of nitrogens with one attached hydrogen (secondary N) is 3. The Kier molecular flexibility index (Phi) is 11.3. The highest BCUT2D eigenvalue weighted by atomic mass is 35.5. The van der Waals surface area contributed by atoms with Crippen LogP contribution < -0.4 is 25.6 Å². The van der Waals surface area contributed by atoms with Crippen molar-refractivity contribution in [2.75, 3.05) is 36.4 Å². The summed E-state index contributed by atoms with van der Waals surface area (Å²) < 4.78 is 65.1. The lowest BCUT2D eigenvalue weighted by Gasteiger charge is -2.48. The van der Waals surface area contributed by atoms with Crippen LogP contribution in [0.3, 0.4) is 0 Å². The van der Waals surface area contributed by atoms with Gasteiger partial charge in [0.25, 0.3) is 11.8 Å². The van der Waals surface area contributed by atoms with Gasteiger partial charge in [-0.15, -0.1) is 0 Å². The second-order valence-electron chi connectivity index (χ2n) is 21.3. The molecule has 13 nitrogen and oxygen atoms in total. The lowest BCUT2D eigenvalue weighted by molar-refractivity contribution is -0.141. The quantitative estimate of drug-likeness (QED) is 0.105. The first-order valence-electron chi connectivity index (χ1n) is 25.2. The van der Waals surface area contributed by atoms with Crippen molar-refractivity contribution in [3.63, 3.8) is 0 Å². The Morgan fingerprint density at radius 1 is 0.973 bits per heavy atom. The number of hydrogen-bond acceptors (Lipinski definition) is 9. The van der Waals surface area contributed by atoms with Crippen molar-refractivity contribution < 1.29 is 46.3 Å². The third-order valence-corrected chi connectivity index (χ3v) is 17.7. The van der Waals surface area contributed by atoms with Gasteiger partial charge in [-0.05, 0) is 104 Å². The van der Waals surface area contributed by atoms with E-state index in [0.717, 1.165) is 55.7 Å². The largest absolute Gasteiger partial charge is 0.487 e. The smallest absolute Gasteiger partial charge is 0.433 e. The number of benzene rings is 3. The summed E-state index contributed by atoms with van der Waals surface area (Å²) in [4.78, 5) is 76.4. The standard InChI is InChI=1S/C55H52ClF4N7O6/c1-30-27-66(51(72)47-45(35-9-6-10-38(56)46(35)57)54(53(64-47)17-3-2-4-18-53)29-62-39-24-43(55(58,59)60)61-26-37(39)54)40-14-12-32(23-42(40)73-30)49(70)65-21-19-52(20-22-65)25-33(52)13-11-31-7-5-8-34-36(31)28-67(50(34)71)41-15-16-44(68)63-48(41)69/h5-10,12,14,23-24,26,30,33,41,45,47,62,64H,2-4,15-22,25,27-29H2,1H3,(H,63,68,69)/t30-,33-,41+,45+,47-,54-/m1/s1. The Morgan fingerprint density at radius 2 is 1.75 bits per heavy atom. The van der Waals surface area contributed by atoms with Gasteiger partial charge in [0.15, 0.2) is 0 Å². The summed E-state index contributed by atoms with van der Waals surface area (Å²) in [7, 11) is 0. The lowest BCUT2D eigenvalue weighted by Crippen LogP contribution is -2.58. The molecule has 0 radical (unpaired) electrons. The molecule has 18 heteroatoms. The number of carbonyl (C=O) groups excluding carboxylic acids is 5. The van der Waals surface area contributed by atoms with E-state index in [2.05, 4.69) is 32.8 Å². The highest BCUT2D eigenvalue weighted by Gasteiger charge is 2.69. The third kappa shape index (κ3) is 7.59. The van der Waals surface area contributed by atoms with Crippen molar-refractivity contribution in [1.29, 1.82) is 0 Å². The Labute approximate surface area is 423 Å². The normalized spacial score (nSPS) is 27.5. The van der Waals surface area contributed by atoms with Crippen LogP contribution in [0.4, 0.5) is 28.9 Å². The van der Waals surface area contributed by atoms with Crippen LogP contribution in [0.1, 0.15) is 126 Å². The van der Waals surface area contributed by atoms with Gasteiger partial charge in [0.05, 0.1) is 23.3 Å². The Bertz CT molecular complexity index is 3110. The van der Waals surface area contributed by atoms with E-state index >= 15 is 9.18 Å². The summed E-state index contributed by atoms with van der Waals surface area (Å²) in [5, 5.41) is 9.22. The third-order valence-electron chi connectivity index (χ3n) is 17.4. The second kappa shape index (κ2) is 17.3. The van der Waals surface area contributed by atoms with Gasteiger partial charge in [-0.3, -0.25) is 39.6 Å². The van der Waals surface area contributed by atoms with Crippen molar-refractivity contribution in [3.8, 4) is 17.6 Å². The van der Waals surface area contributed by atoms with Crippen molar-refractivity contribution in [2.45, 2.75) is 119 Å². The number of ether oxygens (including phenoxy) is 1. The molecule has 3 N–H and O–H groups in total. The summed E-state index contributed by atoms with van der Waals surface area (Å²) in [5.74, 6) is 4.08. The topological polar surface area (TPSA) is 153 Å². The van der Waals surface area contributed by atoms with Crippen LogP contribution in [0, 0.1) is 29.0 Å². The summed E-state index contributed by atoms with van der Waals surface area (Å²) in [6.45, 7) is 3.41. The minimum Gasteiger partial charge on any atom is -0.487 e. The first kappa shape index (κ1) is 47.5. The van der Waals surface area contributed by atoms with Crippen LogP contribution in [0.15, 0.2) is 66.9 Å². The molecular formula is C55H52ClF4N7O6. The van der Waals surface area contributed by atoms with Gasteiger partial charge in [0, 0.05) is 89.5 Å². The molecule has 5 fully saturated rings. The Hall–Kier alpha value is -6.51. The molecular weight excluding hydrogens is 966 g/mol. The molecule has 3 saturated heterocycles. The zero-order valence-corrected chi connectivity index (χ0v) is 40.7. The van der Waals surface area contributed by atoms with Gasteiger partial charge in [-0.2, -0.15) is 13.2 Å². The molecule has 2 saturated carbocycles. The maximum atomic E-state index is 16.6. The van der Waals surface area contributed by atoms with E-state index in [1.54, 1.807) is 47.4 Å². The minimum atomic E-state index is -4.69. The molecule has 7 heterocycles. The lowest BCUT2D eigenvalue weighted by atomic mass is 9.56. The molecule has 12 rings (SSSR count). The van der Waals surface area contributed by atoms with Crippen LogP contribution in [0.25, 0.3) is 0 Å². The molecule has 8 aliphatic rings. The van der Waals surface area contributed by atoms with Gasteiger partial charge in [0.2, 0.25) is 17.7 Å². The van der Waals surface area contributed by atoms with Crippen LogP contribution in [-0.4, -0.2) is 94.2 Å². The fourth-order valence-electron chi connectivity index (χ4n) is 13.7. The second-order valence-corrected chi connectivity index (χ2v) is 21.7. The molecule has 2 aliphatic carbocycles. The predicted molar refractivity (Wildman–Crippen MR) is 260 cm³/mol. The first-order valence-corrected chi connectivity index (χ1v) is 25.6. The molecule has 378 valence electrons. The Morgan fingerprint density at radius 3 is 2.52 bits per heavy atom. The van der Waals surface area contributed by atoms with E-state index in [-0.39, 0.29) is 83.7 Å². The first-order chi connectivity index (χ1) is 35.0. The van der Waals surface area contributed by atoms with Gasteiger partial charge >= 0.3 is 6.18 Å². The number of amides is 5. The van der Waals surface area contributed by atoms with Crippen molar-refractivity contribution in [3.05, 3.63) is 117 Å². The number of halogens is 5. The summed E-state index contributed by atoms with van der Waals surface area (Å²) in [6, 6.07) is 14.4. The number of likely N-dealkylation sites (tertiary alicyclic amines) is 1. The van der Waals surface area contributed by atoms with Crippen molar-refractivity contribution >= 4 is 52.5 Å². The molecule has 6 aliphatic heterocycles. The molecule has 73 heavy (non-hydrogen) atoms. The molecule has 6 atom stereocenters. The van der Waals surface area contributed by atoms with Crippen LogP contribution in [-0.2, 0) is 32.5 Å². The van der Waals surface area contributed by atoms with Crippen molar-refractivity contribution in [2.24, 2.45) is 11.3 Å². The van der Waals surface area contributed by atoms with Gasteiger partial charge in [-0.1, -0.05) is 60.9 Å². The fourth-order valence-corrected chi connectivity index (χ4v) is 13.8. The number of carbonyl (C=O) groups is 5. The highest BCUT2D eigenvalue weighted by molar-refractivity contribution is 6.30. The van der Waals surface area contributed by atoms with Crippen LogP contribution >= 0.6 is 11.6 Å². The molecule has 0 unspecified atom stereocenters. The predicted octanol–water partition coefficient (Wildman–Crippen LogP) is 7.88. The average molecular weight is 1020 g/mol. The fraction of sp³-hybridized carbons (Fsp3) is 0.455. The zero-order chi connectivity index (χ0) is 50.8. The maximum Gasteiger partial charge on any atom is 0.433 e. The zero-order valence-electron chi connectivity index (χ0n) is 40.0. The van der Waals surface area contributed by atoms with E-state index < -0.39 is 58.7 Å². The minimum absolute atomic E-state index is 0.0281. The van der Waals surface area contributed by atoms with Crippen LogP contribution in [0.5, 0.6) is 5.75 Å². The van der Waals surface area contributed by atoms with E-state index in [0.29, 0.717) is 54.1 Å². The number of rotatable bonds is 4. The number of nitrogens with zero attached hydrogens (tertiary/aromatic N) is 4. The number of anilines is 2. The van der Waals surface area contributed by atoms with E-state index in [4.69, 9.17) is 16.3 Å². The number of fused-ring (bicyclic) bond motifs is 5. The molecule has 3 spiro atoms. The molecule has 0 bridgehead atoms. The van der Waals surface area contributed by atoms with E-state index in [1.807, 2.05) is 17.9 Å². The number of piperidine rings is 2. The van der Waals surface area contributed by atoms with E-state index in [1.165, 1.54) is 17.2 Å². The van der Waals surface area contributed by atoms with Crippen molar-refractivity contribution in [1.82, 2.24) is 25.4 Å². The number of hydrogen-bond donors (Lipinski definition) is 3. The number of imide groups is 1. The Balaban J connectivity index is 0.777. The summed E-state index contributed by atoms with van der Waals surface area (Å²) >= 11 is 6.48. The molecule has 5 amide bonds. The number of aromatic nitrogens is 1. The van der Waals surface area contributed by atoms with Gasteiger partial charge < -0.3 is 24.8 Å². The van der Waals surface area contributed by atoms with Gasteiger partial charge in [0.1, 0.15) is 29.4 Å². The maximum absolute atomic E-state index is 16.6. The average Bonchev–Trinajstić information content (AvgIpc) is 3.58.